The molecular weight excluding hydrogens is 416 g/mol. The summed E-state index contributed by atoms with van der Waals surface area (Å²) in [5, 5.41) is 0. The Labute approximate surface area is 200 Å². The number of hydrogen-bond acceptors (Lipinski definition) is 4. The van der Waals surface area contributed by atoms with Crippen LogP contribution in [-0.4, -0.2) is 36.3 Å². The number of amidine groups is 1. The lowest BCUT2D eigenvalue weighted by Crippen LogP contribution is -2.27. The Morgan fingerprint density at radius 1 is 0.676 bits per heavy atom. The summed E-state index contributed by atoms with van der Waals surface area (Å²) in [6.07, 6.45) is 3.80. The Balaban J connectivity index is 1.29. The van der Waals surface area contributed by atoms with Gasteiger partial charge in [0.05, 0.1) is 17.9 Å². The van der Waals surface area contributed by atoms with E-state index in [1.807, 2.05) is 79.2 Å². The van der Waals surface area contributed by atoms with Crippen LogP contribution in [0, 0.1) is 0 Å². The molecule has 4 aromatic carbocycles. The quantitative estimate of drug-likeness (QED) is 0.303. The fourth-order valence-corrected chi connectivity index (χ4v) is 3.97. The second-order valence-electron chi connectivity index (χ2n) is 8.18. The molecule has 0 aliphatic carbocycles. The zero-order valence-corrected chi connectivity index (χ0v) is 19.0. The van der Waals surface area contributed by atoms with Crippen molar-refractivity contribution in [2.24, 2.45) is 15.0 Å². The Kier molecular flexibility index (Phi) is 6.67. The second kappa shape index (κ2) is 10.5. The second-order valence-corrected chi connectivity index (χ2v) is 8.18. The topological polar surface area (TPSA) is 40.3 Å². The molecule has 4 nitrogen and oxygen atoms in total. The first-order valence-electron chi connectivity index (χ1n) is 11.5. The van der Waals surface area contributed by atoms with Gasteiger partial charge in [-0.05, 0) is 41.0 Å². The lowest BCUT2D eigenvalue weighted by Gasteiger charge is -2.21. The molecule has 166 valence electrons. The Morgan fingerprint density at radius 2 is 1.29 bits per heavy atom. The highest BCUT2D eigenvalue weighted by Gasteiger charge is 2.19. The third-order valence-corrected chi connectivity index (χ3v) is 5.64. The van der Waals surface area contributed by atoms with Crippen molar-refractivity contribution in [2.45, 2.75) is 6.54 Å². The first-order valence-corrected chi connectivity index (χ1v) is 11.5. The van der Waals surface area contributed by atoms with Gasteiger partial charge in [-0.3, -0.25) is 15.0 Å². The van der Waals surface area contributed by atoms with Gasteiger partial charge >= 0.3 is 0 Å². The minimum absolute atomic E-state index is 0.797. The molecule has 34 heavy (non-hydrogen) atoms. The number of nitrogens with zero attached hydrogens (tertiary/aromatic N) is 4. The van der Waals surface area contributed by atoms with Crippen molar-refractivity contribution in [3.8, 4) is 0 Å². The van der Waals surface area contributed by atoms with Crippen molar-refractivity contribution < 1.29 is 0 Å². The van der Waals surface area contributed by atoms with Crippen LogP contribution in [0.15, 0.2) is 124 Å². The molecule has 0 aromatic heterocycles. The minimum Gasteiger partial charge on any atom is -0.350 e. The zero-order chi connectivity index (χ0) is 23.0. The number of aliphatic imine (C=N–C) groups is 3. The van der Waals surface area contributed by atoms with Crippen LogP contribution in [0.4, 0.5) is 11.4 Å². The van der Waals surface area contributed by atoms with E-state index >= 15 is 0 Å². The van der Waals surface area contributed by atoms with Crippen LogP contribution in [-0.2, 0) is 6.54 Å². The third kappa shape index (κ3) is 5.54. The molecule has 0 radical (unpaired) electrons. The fraction of sp³-hybridized carbons (Fsp3) is 0.100. The number of hydrogen-bond donors (Lipinski definition) is 0. The fourth-order valence-electron chi connectivity index (χ4n) is 3.97. The molecule has 1 aliphatic rings. The van der Waals surface area contributed by atoms with Gasteiger partial charge < -0.3 is 4.90 Å². The smallest absolute Gasteiger partial charge is 0.131 e. The van der Waals surface area contributed by atoms with Crippen molar-refractivity contribution in [1.29, 1.82) is 0 Å². The monoisotopic (exact) mass is 442 g/mol. The van der Waals surface area contributed by atoms with Crippen molar-refractivity contribution in [2.75, 3.05) is 13.1 Å². The van der Waals surface area contributed by atoms with Gasteiger partial charge in [-0.25, -0.2) is 0 Å². The standard InChI is InChI=1S/C30H26N4/c1-3-9-24(10-4-1)21-32-28-15-7-13-26(19-28)23-34-18-17-31-30(34)27-14-8-16-29(20-27)33-22-25-11-5-2-6-12-25/h1-16,19-22H,17-18,23H2. The lowest BCUT2D eigenvalue weighted by atomic mass is 10.1. The van der Waals surface area contributed by atoms with E-state index in [2.05, 4.69) is 57.3 Å². The van der Waals surface area contributed by atoms with Crippen LogP contribution in [0.25, 0.3) is 0 Å². The van der Waals surface area contributed by atoms with Gasteiger partial charge in [0.1, 0.15) is 5.84 Å². The minimum atomic E-state index is 0.797. The van der Waals surface area contributed by atoms with E-state index in [1.165, 1.54) is 5.56 Å². The molecule has 0 unspecified atom stereocenters. The van der Waals surface area contributed by atoms with E-state index in [0.29, 0.717) is 0 Å². The molecule has 0 bridgehead atoms. The van der Waals surface area contributed by atoms with Crippen molar-refractivity contribution in [3.63, 3.8) is 0 Å². The van der Waals surface area contributed by atoms with E-state index in [-0.39, 0.29) is 0 Å². The van der Waals surface area contributed by atoms with Crippen molar-refractivity contribution in [3.05, 3.63) is 131 Å². The Morgan fingerprint density at radius 3 is 1.97 bits per heavy atom. The molecule has 0 atom stereocenters. The first kappa shape index (κ1) is 21.5. The van der Waals surface area contributed by atoms with E-state index in [4.69, 9.17) is 4.99 Å². The van der Waals surface area contributed by atoms with Crippen LogP contribution in [0.3, 0.4) is 0 Å². The average Bonchev–Trinajstić information content (AvgIpc) is 3.36. The molecule has 1 aliphatic heterocycles. The zero-order valence-electron chi connectivity index (χ0n) is 19.0. The molecule has 1 heterocycles. The number of rotatable bonds is 7. The normalized spacial score (nSPS) is 13.6. The third-order valence-electron chi connectivity index (χ3n) is 5.64. The predicted octanol–water partition coefficient (Wildman–Crippen LogP) is 6.45. The summed E-state index contributed by atoms with van der Waals surface area (Å²) >= 11 is 0. The highest BCUT2D eigenvalue weighted by molar-refractivity contribution is 6.00. The molecular formula is C30H26N4. The first-order chi connectivity index (χ1) is 16.8. The molecule has 0 amide bonds. The SMILES string of the molecule is C(=Nc1cccc(CN2CCN=C2c2cccc(N=Cc3ccccc3)c2)c1)c1ccccc1. The molecule has 4 aromatic rings. The molecule has 0 saturated carbocycles. The highest BCUT2D eigenvalue weighted by atomic mass is 15.2. The lowest BCUT2D eigenvalue weighted by molar-refractivity contribution is 0.453. The van der Waals surface area contributed by atoms with Gasteiger partial charge in [-0.2, -0.15) is 0 Å². The Hall–Kier alpha value is -4.31. The van der Waals surface area contributed by atoms with Gasteiger partial charge in [0, 0.05) is 31.1 Å². The summed E-state index contributed by atoms with van der Waals surface area (Å²) in [4.78, 5) is 16.5. The van der Waals surface area contributed by atoms with Crippen molar-refractivity contribution in [1.82, 2.24) is 4.90 Å². The van der Waals surface area contributed by atoms with Crippen LogP contribution in [0.2, 0.25) is 0 Å². The van der Waals surface area contributed by atoms with E-state index in [0.717, 1.165) is 53.5 Å². The number of benzene rings is 4. The average molecular weight is 443 g/mol. The largest absolute Gasteiger partial charge is 0.350 e. The van der Waals surface area contributed by atoms with Crippen LogP contribution < -0.4 is 0 Å². The summed E-state index contributed by atoms with van der Waals surface area (Å²) in [5.41, 5.74) is 6.37. The van der Waals surface area contributed by atoms with E-state index in [1.54, 1.807) is 0 Å². The van der Waals surface area contributed by atoms with E-state index in [9.17, 15) is 0 Å². The molecule has 0 saturated heterocycles. The molecule has 0 N–H and O–H groups in total. The summed E-state index contributed by atoms with van der Waals surface area (Å²) in [5.74, 6) is 1.02. The van der Waals surface area contributed by atoms with Crippen LogP contribution in [0.5, 0.6) is 0 Å². The Bertz CT molecular complexity index is 1320. The van der Waals surface area contributed by atoms with Gasteiger partial charge in [0.2, 0.25) is 0 Å². The van der Waals surface area contributed by atoms with E-state index < -0.39 is 0 Å². The summed E-state index contributed by atoms with van der Waals surface area (Å²) in [6, 6.07) is 37.0. The molecule has 0 fully saturated rings. The summed E-state index contributed by atoms with van der Waals surface area (Å²) in [7, 11) is 0. The van der Waals surface area contributed by atoms with Gasteiger partial charge in [0.25, 0.3) is 0 Å². The van der Waals surface area contributed by atoms with Crippen molar-refractivity contribution >= 4 is 29.6 Å². The molecule has 4 heteroatoms. The molecule has 5 rings (SSSR count). The maximum atomic E-state index is 4.80. The maximum Gasteiger partial charge on any atom is 0.131 e. The van der Waals surface area contributed by atoms with Gasteiger partial charge in [0.15, 0.2) is 0 Å². The van der Waals surface area contributed by atoms with Crippen LogP contribution >= 0.6 is 0 Å². The maximum absolute atomic E-state index is 4.80. The van der Waals surface area contributed by atoms with Crippen LogP contribution in [0.1, 0.15) is 22.3 Å². The summed E-state index contributed by atoms with van der Waals surface area (Å²) in [6.45, 7) is 2.51. The summed E-state index contributed by atoms with van der Waals surface area (Å²) < 4.78 is 0. The van der Waals surface area contributed by atoms with Gasteiger partial charge in [-0.15, -0.1) is 0 Å². The van der Waals surface area contributed by atoms with Gasteiger partial charge in [-0.1, -0.05) is 84.9 Å². The predicted molar refractivity (Wildman–Crippen MR) is 142 cm³/mol. The highest BCUT2D eigenvalue weighted by Crippen LogP contribution is 2.22. The molecule has 0 spiro atoms.